The number of aliphatic hydroxyl groups is 1. The van der Waals surface area contributed by atoms with Crippen molar-refractivity contribution in [3.63, 3.8) is 0 Å². The number of pyridine rings is 1. The summed E-state index contributed by atoms with van der Waals surface area (Å²) < 4.78 is 11.1. The van der Waals surface area contributed by atoms with Crippen molar-refractivity contribution in [2.45, 2.75) is 45.3 Å². The van der Waals surface area contributed by atoms with Crippen LogP contribution in [0.5, 0.6) is 5.75 Å². The van der Waals surface area contributed by atoms with E-state index >= 15 is 0 Å². The van der Waals surface area contributed by atoms with E-state index in [0.717, 1.165) is 5.56 Å². The van der Waals surface area contributed by atoms with E-state index in [0.29, 0.717) is 35.9 Å². The fraction of sp³-hybridized carbons (Fsp3) is 0.414. The Morgan fingerprint density at radius 2 is 2.00 bits per heavy atom. The predicted octanol–water partition coefficient (Wildman–Crippen LogP) is 0.396. The van der Waals surface area contributed by atoms with Crippen LogP contribution in [0.25, 0.3) is 11.4 Å². The second kappa shape index (κ2) is 14.9. The van der Waals surface area contributed by atoms with Gasteiger partial charge in [-0.3, -0.25) is 24.2 Å². The molecule has 0 spiro atoms. The molecule has 0 fully saturated rings. The monoisotopic (exact) mass is 593 g/mol. The molecule has 14 nitrogen and oxygen atoms in total. The second-order valence-electron chi connectivity index (χ2n) is 10.1. The Labute approximate surface area is 248 Å². The van der Waals surface area contributed by atoms with Crippen molar-refractivity contribution in [1.82, 2.24) is 36.0 Å². The summed E-state index contributed by atoms with van der Waals surface area (Å²) in [6.45, 7) is 3.30. The van der Waals surface area contributed by atoms with E-state index in [1.165, 1.54) is 17.9 Å². The topological polar surface area (TPSA) is 189 Å². The Balaban J connectivity index is 1.40. The summed E-state index contributed by atoms with van der Waals surface area (Å²) in [5, 5.41) is 22.1. The van der Waals surface area contributed by atoms with E-state index in [1.54, 1.807) is 30.6 Å². The molecule has 0 saturated heterocycles. The van der Waals surface area contributed by atoms with Crippen LogP contribution < -0.4 is 20.7 Å². The molecule has 0 aliphatic carbocycles. The van der Waals surface area contributed by atoms with Gasteiger partial charge in [0.15, 0.2) is 0 Å². The number of aromatic nitrogens is 3. The third-order valence-corrected chi connectivity index (χ3v) is 6.72. The third-order valence-electron chi connectivity index (χ3n) is 6.72. The molecule has 3 heterocycles. The number of nitrogens with zero attached hydrogens (tertiary/aromatic N) is 4. The zero-order chi connectivity index (χ0) is 30.8. The number of aliphatic hydroxyl groups excluding tert-OH is 1. The highest BCUT2D eigenvalue weighted by Gasteiger charge is 2.27. The fourth-order valence-electron chi connectivity index (χ4n) is 4.34. The molecule has 0 saturated carbocycles. The van der Waals surface area contributed by atoms with Crippen molar-refractivity contribution in [2.24, 2.45) is 0 Å². The average Bonchev–Trinajstić information content (AvgIpc) is 3.47. The quantitative estimate of drug-likeness (QED) is 0.311. The predicted molar refractivity (Wildman–Crippen MR) is 153 cm³/mol. The Morgan fingerprint density at radius 1 is 1.16 bits per heavy atom. The van der Waals surface area contributed by atoms with Crippen LogP contribution in [0.15, 0.2) is 47.2 Å². The van der Waals surface area contributed by atoms with Crippen molar-refractivity contribution in [1.29, 1.82) is 0 Å². The normalized spacial score (nSPS) is 17.6. The van der Waals surface area contributed by atoms with Crippen LogP contribution in [-0.2, 0) is 20.8 Å². The Kier molecular flexibility index (Phi) is 10.7. The van der Waals surface area contributed by atoms with Crippen LogP contribution in [-0.4, -0.2) is 93.7 Å². The summed E-state index contributed by atoms with van der Waals surface area (Å²) in [5.41, 5.74) is 1.73. The van der Waals surface area contributed by atoms with Gasteiger partial charge in [0.05, 0.1) is 19.2 Å². The minimum Gasteiger partial charge on any atom is -0.491 e. The first-order chi connectivity index (χ1) is 20.7. The number of aryl methyl sites for hydroxylation is 2. The molecule has 0 radical (unpaired) electrons. The summed E-state index contributed by atoms with van der Waals surface area (Å²) >= 11 is 0. The molecule has 2 atom stereocenters. The maximum absolute atomic E-state index is 13.1. The molecule has 43 heavy (non-hydrogen) atoms. The number of benzene rings is 1. The molecule has 1 aromatic carbocycles. The van der Waals surface area contributed by atoms with Gasteiger partial charge < -0.3 is 35.2 Å². The Bertz CT molecular complexity index is 1430. The standard InChI is InChI=1S/C29H35N7O7/c1-18-8-9-20-15-22(18)42-14-12-31-23(38)17-36(13-11-32-29(41)26(19(2)37)34-28(20)40)25(39)7-3-6-24-33-27(35-43-24)21-5-4-10-30-16-21/h4-5,8-10,15-16,19,26,37H,3,6-7,11-14,17H2,1-2H3,(H,31,38)(H,32,41)(H,34,40)/t19-,26+/m1/s1. The first-order valence-corrected chi connectivity index (χ1v) is 14.0. The van der Waals surface area contributed by atoms with Gasteiger partial charge in [0.1, 0.15) is 18.4 Å². The van der Waals surface area contributed by atoms with Crippen LogP contribution in [0.4, 0.5) is 0 Å². The number of fused-ring (bicyclic) bond motifs is 2. The van der Waals surface area contributed by atoms with E-state index in [1.807, 2.05) is 13.0 Å². The lowest BCUT2D eigenvalue weighted by Gasteiger charge is -2.24. The van der Waals surface area contributed by atoms with Gasteiger partial charge in [-0.1, -0.05) is 11.2 Å². The summed E-state index contributed by atoms with van der Waals surface area (Å²) in [7, 11) is 0. The largest absolute Gasteiger partial charge is 0.491 e. The van der Waals surface area contributed by atoms with E-state index in [-0.39, 0.29) is 50.7 Å². The van der Waals surface area contributed by atoms with Crippen LogP contribution in [0.3, 0.4) is 0 Å². The zero-order valence-corrected chi connectivity index (χ0v) is 24.0. The van der Waals surface area contributed by atoms with Gasteiger partial charge in [0.25, 0.3) is 5.91 Å². The zero-order valence-electron chi connectivity index (χ0n) is 24.0. The first kappa shape index (κ1) is 31.1. The number of hydrogen-bond donors (Lipinski definition) is 4. The molecule has 2 aromatic heterocycles. The summed E-state index contributed by atoms with van der Waals surface area (Å²) in [6.07, 6.45) is 2.90. The SMILES string of the molecule is Cc1ccc2cc1OCCNC(=O)CN(C(=O)CCCc1nc(-c3cccnc3)no1)CCNC(=O)[C@H]([C@@H](C)O)NC2=O. The highest BCUT2D eigenvalue weighted by molar-refractivity contribution is 5.98. The number of ether oxygens (including phenoxy) is 1. The molecule has 4 N–H and O–H groups in total. The van der Waals surface area contributed by atoms with Crippen molar-refractivity contribution in [3.8, 4) is 17.1 Å². The molecule has 228 valence electrons. The Hall–Kier alpha value is -4.85. The molecule has 0 unspecified atom stereocenters. The van der Waals surface area contributed by atoms with Crippen LogP contribution in [0.2, 0.25) is 0 Å². The highest BCUT2D eigenvalue weighted by atomic mass is 16.5. The lowest BCUT2D eigenvalue weighted by molar-refractivity contribution is -0.136. The maximum Gasteiger partial charge on any atom is 0.252 e. The summed E-state index contributed by atoms with van der Waals surface area (Å²) in [5.74, 6) is -0.685. The van der Waals surface area contributed by atoms with E-state index in [2.05, 4.69) is 31.1 Å². The lowest BCUT2D eigenvalue weighted by Crippen LogP contribution is -2.53. The van der Waals surface area contributed by atoms with E-state index in [4.69, 9.17) is 9.26 Å². The minimum absolute atomic E-state index is 0.00708. The number of rotatable bonds is 6. The average molecular weight is 594 g/mol. The Morgan fingerprint density at radius 3 is 2.77 bits per heavy atom. The maximum atomic E-state index is 13.1. The van der Waals surface area contributed by atoms with E-state index in [9.17, 15) is 24.3 Å². The number of nitrogens with one attached hydrogen (secondary N) is 3. The van der Waals surface area contributed by atoms with Crippen molar-refractivity contribution in [3.05, 3.63) is 59.7 Å². The van der Waals surface area contributed by atoms with Crippen LogP contribution >= 0.6 is 0 Å². The van der Waals surface area contributed by atoms with Gasteiger partial charge in [-0.2, -0.15) is 4.98 Å². The molecular formula is C29H35N7O7. The van der Waals surface area contributed by atoms with Gasteiger partial charge in [-0.15, -0.1) is 0 Å². The first-order valence-electron chi connectivity index (χ1n) is 14.0. The summed E-state index contributed by atoms with van der Waals surface area (Å²) in [4.78, 5) is 61.3. The molecule has 1 aliphatic heterocycles. The van der Waals surface area contributed by atoms with Crippen molar-refractivity contribution < 1.29 is 33.5 Å². The highest BCUT2D eigenvalue weighted by Crippen LogP contribution is 2.20. The number of hydrogen-bond acceptors (Lipinski definition) is 10. The number of carbonyl (C=O) groups is 4. The van der Waals surface area contributed by atoms with Crippen LogP contribution in [0, 0.1) is 6.92 Å². The second-order valence-corrected chi connectivity index (χ2v) is 10.1. The van der Waals surface area contributed by atoms with Gasteiger partial charge >= 0.3 is 0 Å². The molecule has 1 aliphatic rings. The van der Waals surface area contributed by atoms with Crippen molar-refractivity contribution >= 4 is 23.6 Å². The summed E-state index contributed by atoms with van der Waals surface area (Å²) in [6, 6.07) is 7.16. The molecule has 14 heteroatoms. The minimum atomic E-state index is -1.24. The molecular weight excluding hydrogens is 558 g/mol. The fourth-order valence-corrected chi connectivity index (χ4v) is 4.34. The lowest BCUT2D eigenvalue weighted by atomic mass is 10.1. The van der Waals surface area contributed by atoms with Gasteiger partial charge in [-0.25, -0.2) is 0 Å². The smallest absolute Gasteiger partial charge is 0.252 e. The third kappa shape index (κ3) is 8.82. The van der Waals surface area contributed by atoms with Gasteiger partial charge in [-0.05, 0) is 50.1 Å². The molecule has 3 aromatic rings. The molecule has 4 amide bonds. The number of carbonyl (C=O) groups excluding carboxylic acids is 4. The van der Waals surface area contributed by atoms with Crippen molar-refractivity contribution in [2.75, 3.05) is 32.8 Å². The molecule has 2 bridgehead atoms. The van der Waals surface area contributed by atoms with Gasteiger partial charge in [0.2, 0.25) is 29.4 Å². The van der Waals surface area contributed by atoms with E-state index < -0.39 is 29.9 Å². The molecule has 4 rings (SSSR count). The number of amides is 4. The van der Waals surface area contributed by atoms with Crippen LogP contribution in [0.1, 0.15) is 41.6 Å². The van der Waals surface area contributed by atoms with Gasteiger partial charge in [0, 0.05) is 49.5 Å².